The molecule has 1 rings (SSSR count). The molecule has 0 aromatic carbocycles. The topological polar surface area (TPSA) is 79.2 Å². The maximum absolute atomic E-state index is 10.0. The highest BCUT2D eigenvalue weighted by Gasteiger charge is 2.40. The fraction of sp³-hybridized carbons (Fsp3) is 0.905. The van der Waals surface area contributed by atoms with Gasteiger partial charge in [-0.15, -0.1) is 0 Å². The molecule has 26 heavy (non-hydrogen) atoms. The Kier molecular flexibility index (Phi) is 14.1. The van der Waals surface area contributed by atoms with Crippen molar-refractivity contribution in [3.63, 3.8) is 0 Å². The van der Waals surface area contributed by atoms with Gasteiger partial charge in [0.2, 0.25) is 0 Å². The minimum atomic E-state index is -1.05. The van der Waals surface area contributed by atoms with E-state index in [1.54, 1.807) is 0 Å². The van der Waals surface area contributed by atoms with E-state index in [0.29, 0.717) is 6.61 Å². The van der Waals surface area contributed by atoms with Crippen molar-refractivity contribution in [3.05, 3.63) is 12.2 Å². The Labute approximate surface area is 159 Å². The lowest BCUT2D eigenvalue weighted by molar-refractivity contribution is -0.0730. The molecule has 154 valence electrons. The van der Waals surface area contributed by atoms with Crippen LogP contribution in [-0.4, -0.2) is 59.6 Å². The molecule has 0 unspecified atom stereocenters. The van der Waals surface area contributed by atoms with Crippen LogP contribution in [0.3, 0.4) is 0 Å². The van der Waals surface area contributed by atoms with Crippen molar-refractivity contribution >= 4 is 0 Å². The Bertz CT molecular complexity index is 347. The van der Waals surface area contributed by atoms with Crippen molar-refractivity contribution in [1.29, 1.82) is 0 Å². The number of hydrogen-bond acceptors (Lipinski definition) is 5. The first-order valence-corrected chi connectivity index (χ1v) is 10.5. The van der Waals surface area contributed by atoms with Gasteiger partial charge in [-0.1, -0.05) is 63.5 Å². The van der Waals surface area contributed by atoms with Crippen LogP contribution in [0.25, 0.3) is 0 Å². The minimum absolute atomic E-state index is 0.275. The molecule has 0 amide bonds. The van der Waals surface area contributed by atoms with Gasteiger partial charge in [0.25, 0.3) is 0 Å². The number of ether oxygens (including phenoxy) is 2. The molecular formula is C21H40O5. The average Bonchev–Trinajstić information content (AvgIpc) is 3.02. The van der Waals surface area contributed by atoms with Crippen molar-refractivity contribution in [1.82, 2.24) is 0 Å². The Balaban J connectivity index is 1.85. The predicted molar refractivity (Wildman–Crippen MR) is 104 cm³/mol. The van der Waals surface area contributed by atoms with E-state index in [1.807, 2.05) is 0 Å². The van der Waals surface area contributed by atoms with Gasteiger partial charge < -0.3 is 24.8 Å². The van der Waals surface area contributed by atoms with Crippen LogP contribution in [0.2, 0.25) is 0 Å². The average molecular weight is 373 g/mol. The predicted octanol–water partition coefficient (Wildman–Crippen LogP) is 3.35. The third-order valence-electron chi connectivity index (χ3n) is 5.07. The van der Waals surface area contributed by atoms with Crippen LogP contribution < -0.4 is 0 Å². The first-order valence-electron chi connectivity index (χ1n) is 10.5. The summed E-state index contributed by atoms with van der Waals surface area (Å²) < 4.78 is 11.0. The first-order chi connectivity index (χ1) is 12.7. The van der Waals surface area contributed by atoms with Crippen LogP contribution in [0, 0.1) is 0 Å². The monoisotopic (exact) mass is 372 g/mol. The molecule has 1 heterocycles. The molecule has 5 nitrogen and oxygen atoms in total. The summed E-state index contributed by atoms with van der Waals surface area (Å²) in [5.41, 5.74) is 0. The Morgan fingerprint density at radius 1 is 1.00 bits per heavy atom. The number of rotatable bonds is 16. The van der Waals surface area contributed by atoms with Gasteiger partial charge in [0.15, 0.2) is 0 Å². The van der Waals surface area contributed by atoms with Crippen molar-refractivity contribution in [2.45, 2.75) is 102 Å². The summed E-state index contributed by atoms with van der Waals surface area (Å²) in [5.74, 6) is 0. The van der Waals surface area contributed by atoms with Gasteiger partial charge in [0.05, 0.1) is 13.2 Å². The second kappa shape index (κ2) is 15.6. The highest BCUT2D eigenvalue weighted by molar-refractivity contribution is 4.88. The summed E-state index contributed by atoms with van der Waals surface area (Å²) in [7, 11) is 0. The van der Waals surface area contributed by atoms with Crippen molar-refractivity contribution < 1.29 is 24.8 Å². The molecular weight excluding hydrogens is 332 g/mol. The molecule has 1 saturated heterocycles. The Morgan fingerprint density at radius 2 is 1.58 bits per heavy atom. The van der Waals surface area contributed by atoms with Crippen molar-refractivity contribution in [2.75, 3.05) is 19.8 Å². The van der Waals surface area contributed by atoms with Crippen LogP contribution in [0.1, 0.15) is 77.6 Å². The number of unbranched alkanes of at least 4 members (excludes halogenated alkanes) is 10. The van der Waals surface area contributed by atoms with Gasteiger partial charge in [-0.25, -0.2) is 0 Å². The quantitative estimate of drug-likeness (QED) is 0.286. The number of allylic oxidation sites excluding steroid dienone is 2. The van der Waals surface area contributed by atoms with E-state index in [9.17, 15) is 10.2 Å². The zero-order valence-electron chi connectivity index (χ0n) is 16.5. The van der Waals surface area contributed by atoms with Crippen molar-refractivity contribution in [3.8, 4) is 0 Å². The molecule has 0 aromatic heterocycles. The number of aliphatic hydroxyl groups excluding tert-OH is 3. The number of aliphatic hydroxyl groups is 3. The molecule has 0 radical (unpaired) electrons. The first kappa shape index (κ1) is 23.6. The summed E-state index contributed by atoms with van der Waals surface area (Å²) in [6.45, 7) is 2.56. The molecule has 0 aliphatic carbocycles. The van der Waals surface area contributed by atoms with E-state index in [-0.39, 0.29) is 6.61 Å². The zero-order chi connectivity index (χ0) is 19.0. The normalized spacial score (nSPS) is 24.5. The minimum Gasteiger partial charge on any atom is -0.394 e. The summed E-state index contributed by atoms with van der Waals surface area (Å²) in [6, 6.07) is 0. The lowest BCUT2D eigenvalue weighted by Gasteiger charge is -2.20. The lowest BCUT2D eigenvalue weighted by Crippen LogP contribution is -2.41. The smallest absolute Gasteiger partial charge is 0.114 e. The molecule has 1 aliphatic rings. The fourth-order valence-electron chi connectivity index (χ4n) is 3.38. The van der Waals surface area contributed by atoms with Crippen LogP contribution in [0.4, 0.5) is 0 Å². The lowest BCUT2D eigenvalue weighted by atomic mass is 10.1. The van der Waals surface area contributed by atoms with Gasteiger partial charge in [0.1, 0.15) is 24.4 Å². The van der Waals surface area contributed by atoms with Gasteiger partial charge in [0, 0.05) is 6.61 Å². The maximum atomic E-state index is 10.0. The second-order valence-electron chi connectivity index (χ2n) is 7.34. The van der Waals surface area contributed by atoms with E-state index in [4.69, 9.17) is 14.6 Å². The Morgan fingerprint density at radius 3 is 2.15 bits per heavy atom. The van der Waals surface area contributed by atoms with E-state index >= 15 is 0 Å². The molecule has 0 saturated carbocycles. The molecule has 0 bridgehead atoms. The van der Waals surface area contributed by atoms with Gasteiger partial charge in [-0.3, -0.25) is 0 Å². The van der Waals surface area contributed by atoms with Gasteiger partial charge in [-0.2, -0.15) is 0 Å². The van der Waals surface area contributed by atoms with Gasteiger partial charge in [-0.05, 0) is 26.2 Å². The summed E-state index contributed by atoms with van der Waals surface area (Å²) >= 11 is 0. The summed E-state index contributed by atoms with van der Waals surface area (Å²) in [6.07, 6.45) is 15.3. The summed E-state index contributed by atoms with van der Waals surface area (Å²) in [5, 5.41) is 28.5. The second-order valence-corrected chi connectivity index (χ2v) is 7.34. The van der Waals surface area contributed by atoms with E-state index < -0.39 is 31.0 Å². The molecule has 4 atom stereocenters. The van der Waals surface area contributed by atoms with E-state index in [2.05, 4.69) is 19.1 Å². The maximum Gasteiger partial charge on any atom is 0.114 e. The molecule has 1 fully saturated rings. The molecule has 3 N–H and O–H groups in total. The molecule has 1 aliphatic heterocycles. The molecule has 0 aromatic rings. The third kappa shape index (κ3) is 10.0. The standard InChI is InChI=1S/C21H40O5/c1-2-3-4-5-6-7-8-9-10-11-12-13-14-15-25-19-17-26-21(20(19)24)18(23)16-22/h2-3,18-24H,4-17H2,1H3/b3-2+/t18-,19+,20+,21+/m0/s1. The molecule has 5 heteroatoms. The van der Waals surface area contributed by atoms with Crippen LogP contribution in [0.15, 0.2) is 12.2 Å². The third-order valence-corrected chi connectivity index (χ3v) is 5.07. The highest BCUT2D eigenvalue weighted by Crippen LogP contribution is 2.20. The Hall–Kier alpha value is -0.460. The van der Waals surface area contributed by atoms with Crippen molar-refractivity contribution in [2.24, 2.45) is 0 Å². The van der Waals surface area contributed by atoms with E-state index in [0.717, 1.165) is 12.8 Å². The zero-order valence-corrected chi connectivity index (χ0v) is 16.5. The van der Waals surface area contributed by atoms with Gasteiger partial charge >= 0.3 is 0 Å². The van der Waals surface area contributed by atoms with E-state index in [1.165, 1.54) is 57.8 Å². The molecule has 0 spiro atoms. The fourth-order valence-corrected chi connectivity index (χ4v) is 3.38. The van der Waals surface area contributed by atoms with Crippen LogP contribution in [0.5, 0.6) is 0 Å². The van der Waals surface area contributed by atoms with Crippen LogP contribution in [-0.2, 0) is 9.47 Å². The largest absolute Gasteiger partial charge is 0.394 e. The van der Waals surface area contributed by atoms with Crippen LogP contribution >= 0.6 is 0 Å². The number of hydrogen-bond donors (Lipinski definition) is 3. The summed E-state index contributed by atoms with van der Waals surface area (Å²) in [4.78, 5) is 0. The highest BCUT2D eigenvalue weighted by atomic mass is 16.6. The SMILES string of the molecule is C/C=C/CCCCCCCCCCCCO[C@@H]1CO[C@H]([C@@H](O)CO)[C@@H]1O.